The molecule has 1 amide bonds. The van der Waals surface area contributed by atoms with E-state index in [4.69, 9.17) is 11.5 Å². The number of aromatic nitrogens is 1. The van der Waals surface area contributed by atoms with Crippen LogP contribution in [-0.4, -0.2) is 23.5 Å². The standard InChI is InChI=1S/C13H22N4O/c1-8-7-10(3)17-13(11(8)12(15)18)16-6-4-5-9(2)14/h7,9H,4-6,14H2,1-3H3,(H2,15,18)(H,16,17). The minimum absolute atomic E-state index is 0.189. The predicted octanol–water partition coefficient (Wildman–Crippen LogP) is 1.34. The Morgan fingerprint density at radius 1 is 1.50 bits per heavy atom. The molecule has 0 spiro atoms. The Bertz CT molecular complexity index is 429. The summed E-state index contributed by atoms with van der Waals surface area (Å²) in [6, 6.07) is 2.04. The highest BCUT2D eigenvalue weighted by Gasteiger charge is 2.13. The molecule has 18 heavy (non-hydrogen) atoms. The van der Waals surface area contributed by atoms with E-state index >= 15 is 0 Å². The molecule has 5 nitrogen and oxygen atoms in total. The first-order valence-electron chi connectivity index (χ1n) is 6.19. The van der Waals surface area contributed by atoms with Crippen molar-refractivity contribution in [2.75, 3.05) is 11.9 Å². The maximum atomic E-state index is 11.4. The molecule has 5 N–H and O–H groups in total. The van der Waals surface area contributed by atoms with Gasteiger partial charge in [-0.3, -0.25) is 4.79 Å². The monoisotopic (exact) mass is 250 g/mol. The molecule has 1 heterocycles. The summed E-state index contributed by atoms with van der Waals surface area (Å²) < 4.78 is 0. The molecular weight excluding hydrogens is 228 g/mol. The van der Waals surface area contributed by atoms with Crippen molar-refractivity contribution in [1.82, 2.24) is 4.98 Å². The molecule has 0 saturated carbocycles. The Morgan fingerprint density at radius 3 is 2.72 bits per heavy atom. The van der Waals surface area contributed by atoms with Gasteiger partial charge in [-0.1, -0.05) is 0 Å². The van der Waals surface area contributed by atoms with Crippen molar-refractivity contribution in [2.24, 2.45) is 11.5 Å². The second kappa shape index (κ2) is 6.35. The number of pyridine rings is 1. The van der Waals surface area contributed by atoms with Crippen LogP contribution in [0.1, 0.15) is 41.4 Å². The van der Waals surface area contributed by atoms with Crippen LogP contribution in [0.15, 0.2) is 6.07 Å². The van der Waals surface area contributed by atoms with Gasteiger partial charge >= 0.3 is 0 Å². The number of nitrogens with zero attached hydrogens (tertiary/aromatic N) is 1. The zero-order chi connectivity index (χ0) is 13.7. The van der Waals surface area contributed by atoms with E-state index in [2.05, 4.69) is 10.3 Å². The van der Waals surface area contributed by atoms with Gasteiger partial charge in [0.15, 0.2) is 0 Å². The number of nitrogens with two attached hydrogens (primary N) is 2. The fraction of sp³-hybridized carbons (Fsp3) is 0.538. The molecule has 1 aromatic rings. The molecule has 0 bridgehead atoms. The smallest absolute Gasteiger partial charge is 0.252 e. The van der Waals surface area contributed by atoms with E-state index in [1.165, 1.54) is 0 Å². The summed E-state index contributed by atoms with van der Waals surface area (Å²) in [5, 5.41) is 3.16. The number of primary amides is 1. The lowest BCUT2D eigenvalue weighted by Gasteiger charge is -2.13. The summed E-state index contributed by atoms with van der Waals surface area (Å²) in [6.07, 6.45) is 1.87. The van der Waals surface area contributed by atoms with Gasteiger partial charge in [-0.05, 0) is 45.2 Å². The first-order chi connectivity index (χ1) is 8.41. The summed E-state index contributed by atoms with van der Waals surface area (Å²) in [5.74, 6) is 0.124. The number of rotatable bonds is 6. The number of amides is 1. The minimum atomic E-state index is -0.449. The topological polar surface area (TPSA) is 94.0 Å². The second-order valence-electron chi connectivity index (χ2n) is 4.71. The van der Waals surface area contributed by atoms with Crippen molar-refractivity contribution >= 4 is 11.7 Å². The largest absolute Gasteiger partial charge is 0.369 e. The molecule has 1 rings (SSSR count). The molecule has 0 fully saturated rings. The predicted molar refractivity (Wildman–Crippen MR) is 73.6 cm³/mol. The third-order valence-electron chi connectivity index (χ3n) is 2.72. The number of hydrogen-bond acceptors (Lipinski definition) is 4. The van der Waals surface area contributed by atoms with E-state index in [-0.39, 0.29) is 6.04 Å². The number of carbonyl (C=O) groups is 1. The van der Waals surface area contributed by atoms with Crippen LogP contribution in [0.25, 0.3) is 0 Å². The zero-order valence-corrected chi connectivity index (χ0v) is 11.3. The van der Waals surface area contributed by atoms with Crippen LogP contribution in [0, 0.1) is 13.8 Å². The number of carbonyl (C=O) groups excluding carboxylic acids is 1. The van der Waals surface area contributed by atoms with Gasteiger partial charge < -0.3 is 16.8 Å². The van der Waals surface area contributed by atoms with Gasteiger partial charge in [0.05, 0.1) is 5.56 Å². The zero-order valence-electron chi connectivity index (χ0n) is 11.3. The molecule has 0 radical (unpaired) electrons. The highest BCUT2D eigenvalue weighted by molar-refractivity contribution is 5.99. The van der Waals surface area contributed by atoms with Crippen LogP contribution in [0.5, 0.6) is 0 Å². The fourth-order valence-electron chi connectivity index (χ4n) is 1.91. The quantitative estimate of drug-likeness (QED) is 0.664. The van der Waals surface area contributed by atoms with Crippen LogP contribution < -0.4 is 16.8 Å². The summed E-state index contributed by atoms with van der Waals surface area (Å²) in [7, 11) is 0. The summed E-state index contributed by atoms with van der Waals surface area (Å²) in [4.78, 5) is 15.7. The number of aryl methyl sites for hydroxylation is 2. The van der Waals surface area contributed by atoms with Crippen molar-refractivity contribution in [3.8, 4) is 0 Å². The van der Waals surface area contributed by atoms with E-state index in [0.717, 1.165) is 30.6 Å². The van der Waals surface area contributed by atoms with E-state index in [0.29, 0.717) is 11.4 Å². The molecule has 1 unspecified atom stereocenters. The normalized spacial score (nSPS) is 12.2. The average Bonchev–Trinajstić information content (AvgIpc) is 2.22. The summed E-state index contributed by atoms with van der Waals surface area (Å²) >= 11 is 0. The number of nitrogens with one attached hydrogen (secondary N) is 1. The van der Waals surface area contributed by atoms with Gasteiger partial charge in [0, 0.05) is 18.3 Å². The van der Waals surface area contributed by atoms with Crippen LogP contribution in [0.2, 0.25) is 0 Å². The van der Waals surface area contributed by atoms with Crippen molar-refractivity contribution < 1.29 is 4.79 Å². The number of anilines is 1. The van der Waals surface area contributed by atoms with Crippen molar-refractivity contribution in [3.63, 3.8) is 0 Å². The van der Waals surface area contributed by atoms with Crippen LogP contribution in [0.3, 0.4) is 0 Å². The summed E-state index contributed by atoms with van der Waals surface area (Å²) in [6.45, 7) is 6.47. The molecule has 1 atom stereocenters. The van der Waals surface area contributed by atoms with E-state index in [1.807, 2.05) is 26.8 Å². The Kier molecular flexibility index (Phi) is 5.09. The highest BCUT2D eigenvalue weighted by atomic mass is 16.1. The van der Waals surface area contributed by atoms with Gasteiger partial charge in [0.2, 0.25) is 0 Å². The Hall–Kier alpha value is -1.62. The maximum Gasteiger partial charge on any atom is 0.252 e. The maximum absolute atomic E-state index is 11.4. The lowest BCUT2D eigenvalue weighted by molar-refractivity contribution is 0.1000. The average molecular weight is 250 g/mol. The number of hydrogen-bond donors (Lipinski definition) is 3. The van der Waals surface area contributed by atoms with Gasteiger partial charge in [-0.25, -0.2) is 4.98 Å². The van der Waals surface area contributed by atoms with Gasteiger partial charge in [0.25, 0.3) is 5.91 Å². The lowest BCUT2D eigenvalue weighted by Crippen LogP contribution is -2.19. The molecule has 0 aromatic carbocycles. The van der Waals surface area contributed by atoms with E-state index in [1.54, 1.807) is 0 Å². The molecule has 0 saturated heterocycles. The third-order valence-corrected chi connectivity index (χ3v) is 2.72. The highest BCUT2D eigenvalue weighted by Crippen LogP contribution is 2.18. The van der Waals surface area contributed by atoms with Gasteiger partial charge in [-0.2, -0.15) is 0 Å². The van der Waals surface area contributed by atoms with Crippen molar-refractivity contribution in [3.05, 3.63) is 22.9 Å². The molecular formula is C13H22N4O. The van der Waals surface area contributed by atoms with Gasteiger partial charge in [0.1, 0.15) is 5.82 Å². The molecule has 0 aliphatic heterocycles. The summed E-state index contributed by atoms with van der Waals surface area (Å²) in [5.41, 5.74) is 13.3. The Balaban J connectivity index is 2.77. The SMILES string of the molecule is Cc1cc(C)c(C(N)=O)c(NCCCC(C)N)n1. The van der Waals surface area contributed by atoms with E-state index < -0.39 is 5.91 Å². The van der Waals surface area contributed by atoms with Crippen LogP contribution in [-0.2, 0) is 0 Å². The Morgan fingerprint density at radius 2 is 2.17 bits per heavy atom. The first kappa shape index (κ1) is 14.4. The van der Waals surface area contributed by atoms with Crippen molar-refractivity contribution in [2.45, 2.75) is 39.7 Å². The minimum Gasteiger partial charge on any atom is -0.369 e. The Labute approximate surface area is 108 Å². The van der Waals surface area contributed by atoms with Crippen molar-refractivity contribution in [1.29, 1.82) is 0 Å². The fourth-order valence-corrected chi connectivity index (χ4v) is 1.91. The lowest BCUT2D eigenvalue weighted by atomic mass is 10.1. The third kappa shape index (κ3) is 4.00. The van der Waals surface area contributed by atoms with E-state index in [9.17, 15) is 4.79 Å². The molecule has 1 aromatic heterocycles. The molecule has 5 heteroatoms. The second-order valence-corrected chi connectivity index (χ2v) is 4.71. The van der Waals surface area contributed by atoms with Gasteiger partial charge in [-0.15, -0.1) is 0 Å². The molecule has 0 aliphatic rings. The molecule has 0 aliphatic carbocycles. The molecule has 100 valence electrons. The van der Waals surface area contributed by atoms with Crippen LogP contribution in [0.4, 0.5) is 5.82 Å². The first-order valence-corrected chi connectivity index (χ1v) is 6.19. The van der Waals surface area contributed by atoms with Crippen LogP contribution >= 0.6 is 0 Å².